The number of carbonyl (C=O) groups is 1. The van der Waals surface area contributed by atoms with Crippen LogP contribution in [0.1, 0.15) is 38.5 Å². The summed E-state index contributed by atoms with van der Waals surface area (Å²) in [5.41, 5.74) is 0. The molecule has 0 aromatic heterocycles. The smallest absolute Gasteiger partial charge is 0.150 e. The van der Waals surface area contributed by atoms with Gasteiger partial charge in [0, 0.05) is 18.6 Å². The molecule has 1 aliphatic heterocycles. The lowest BCUT2D eigenvalue weighted by molar-refractivity contribution is -0.124. The molecule has 0 bridgehead atoms. The first-order valence-corrected chi connectivity index (χ1v) is 10.9. The minimum absolute atomic E-state index is 0.0560. The first-order valence-electron chi connectivity index (χ1n) is 7.09. The maximum atomic E-state index is 12.2. The van der Waals surface area contributed by atoms with Gasteiger partial charge in [0.1, 0.15) is 15.6 Å². The summed E-state index contributed by atoms with van der Waals surface area (Å²) in [7, 11) is -6.04. The molecule has 0 radical (unpaired) electrons. The molecule has 1 saturated heterocycles. The van der Waals surface area contributed by atoms with Crippen LogP contribution in [0.3, 0.4) is 0 Å². The summed E-state index contributed by atoms with van der Waals surface area (Å²) in [6.45, 7) is 0. The lowest BCUT2D eigenvalue weighted by Crippen LogP contribution is -2.31. The van der Waals surface area contributed by atoms with Crippen molar-refractivity contribution in [2.45, 2.75) is 43.8 Å². The number of sulfone groups is 2. The third kappa shape index (κ3) is 4.04. The highest BCUT2D eigenvalue weighted by Crippen LogP contribution is 2.32. The molecule has 2 fully saturated rings. The van der Waals surface area contributed by atoms with Crippen LogP contribution in [0.4, 0.5) is 0 Å². The van der Waals surface area contributed by atoms with E-state index in [0.29, 0.717) is 25.7 Å². The average molecular weight is 322 g/mol. The molecular formula is C13H22O5S2. The van der Waals surface area contributed by atoms with Gasteiger partial charge in [-0.1, -0.05) is 6.42 Å². The average Bonchev–Trinajstić information content (AvgIpc) is 2.68. The molecule has 2 aliphatic rings. The maximum Gasteiger partial charge on any atom is 0.150 e. The molecule has 7 heteroatoms. The summed E-state index contributed by atoms with van der Waals surface area (Å²) in [4.78, 5) is 12.2. The van der Waals surface area contributed by atoms with Crippen LogP contribution in [-0.4, -0.2) is 45.6 Å². The van der Waals surface area contributed by atoms with Crippen LogP contribution in [0.15, 0.2) is 0 Å². The van der Waals surface area contributed by atoms with Gasteiger partial charge in [-0.2, -0.15) is 0 Å². The highest BCUT2D eigenvalue weighted by Gasteiger charge is 2.35. The zero-order valence-corrected chi connectivity index (χ0v) is 13.4. The van der Waals surface area contributed by atoms with Gasteiger partial charge in [0.2, 0.25) is 0 Å². The normalized spacial score (nSPS) is 34.0. The van der Waals surface area contributed by atoms with Gasteiger partial charge in [-0.25, -0.2) is 16.8 Å². The molecule has 20 heavy (non-hydrogen) atoms. The monoisotopic (exact) mass is 322 g/mol. The molecule has 0 aromatic carbocycles. The first-order chi connectivity index (χ1) is 9.17. The van der Waals surface area contributed by atoms with Crippen molar-refractivity contribution in [1.29, 1.82) is 0 Å². The van der Waals surface area contributed by atoms with E-state index in [1.54, 1.807) is 0 Å². The Morgan fingerprint density at radius 1 is 1.20 bits per heavy atom. The summed E-state index contributed by atoms with van der Waals surface area (Å²) < 4.78 is 46.0. The molecule has 1 saturated carbocycles. The summed E-state index contributed by atoms with van der Waals surface area (Å²) in [5.74, 6) is 0.0843. The van der Waals surface area contributed by atoms with E-state index in [1.807, 2.05) is 0 Å². The summed E-state index contributed by atoms with van der Waals surface area (Å²) in [6.07, 6.45) is 4.64. The number of carbonyl (C=O) groups excluding carboxylic acids is 1. The SMILES string of the molecule is CS(=O)(=O)C1CCCC(C(=O)CC2CCS(=O)(=O)C2)C1. The lowest BCUT2D eigenvalue weighted by Gasteiger charge is -2.27. The molecule has 0 aromatic rings. The molecule has 3 unspecified atom stereocenters. The third-order valence-electron chi connectivity index (χ3n) is 4.50. The van der Waals surface area contributed by atoms with Crippen molar-refractivity contribution < 1.29 is 21.6 Å². The van der Waals surface area contributed by atoms with Gasteiger partial charge in [0.15, 0.2) is 9.84 Å². The quantitative estimate of drug-likeness (QED) is 0.770. The Morgan fingerprint density at radius 2 is 1.90 bits per heavy atom. The van der Waals surface area contributed by atoms with E-state index in [9.17, 15) is 21.6 Å². The zero-order valence-electron chi connectivity index (χ0n) is 11.7. The molecule has 0 N–H and O–H groups in total. The summed E-state index contributed by atoms with van der Waals surface area (Å²) >= 11 is 0. The minimum atomic E-state index is -3.09. The second kappa shape index (κ2) is 5.75. The Bertz CT molecular complexity index is 576. The van der Waals surface area contributed by atoms with Crippen molar-refractivity contribution >= 4 is 25.5 Å². The maximum absolute atomic E-state index is 12.2. The van der Waals surface area contributed by atoms with E-state index in [1.165, 1.54) is 6.26 Å². The molecule has 1 heterocycles. The van der Waals surface area contributed by atoms with Crippen LogP contribution in [0, 0.1) is 11.8 Å². The van der Waals surface area contributed by atoms with Gasteiger partial charge in [0.25, 0.3) is 0 Å². The van der Waals surface area contributed by atoms with Crippen LogP contribution in [0.5, 0.6) is 0 Å². The fourth-order valence-corrected chi connectivity index (χ4v) is 6.35. The zero-order chi connectivity index (χ0) is 15.0. The van der Waals surface area contributed by atoms with Crippen molar-refractivity contribution in [2.75, 3.05) is 17.8 Å². The van der Waals surface area contributed by atoms with Crippen LogP contribution >= 0.6 is 0 Å². The molecule has 2 rings (SSSR count). The molecule has 5 nitrogen and oxygen atoms in total. The molecule has 0 amide bonds. The largest absolute Gasteiger partial charge is 0.299 e. The summed E-state index contributed by atoms with van der Waals surface area (Å²) in [6, 6.07) is 0. The fourth-order valence-electron chi connectivity index (χ4n) is 3.31. The Labute approximate surface area is 121 Å². The van der Waals surface area contributed by atoms with E-state index in [2.05, 4.69) is 0 Å². The molecule has 1 aliphatic carbocycles. The molecule has 116 valence electrons. The van der Waals surface area contributed by atoms with Crippen molar-refractivity contribution in [3.8, 4) is 0 Å². The van der Waals surface area contributed by atoms with Crippen molar-refractivity contribution in [2.24, 2.45) is 11.8 Å². The number of hydrogen-bond acceptors (Lipinski definition) is 5. The van der Waals surface area contributed by atoms with Crippen molar-refractivity contribution in [3.05, 3.63) is 0 Å². The van der Waals surface area contributed by atoms with Gasteiger partial charge in [-0.3, -0.25) is 4.79 Å². The minimum Gasteiger partial charge on any atom is -0.299 e. The van der Waals surface area contributed by atoms with Gasteiger partial charge in [-0.15, -0.1) is 0 Å². The lowest BCUT2D eigenvalue weighted by atomic mass is 9.83. The van der Waals surface area contributed by atoms with Crippen molar-refractivity contribution in [3.63, 3.8) is 0 Å². The van der Waals surface area contributed by atoms with Crippen LogP contribution < -0.4 is 0 Å². The fraction of sp³-hybridized carbons (Fsp3) is 0.923. The van der Waals surface area contributed by atoms with Crippen molar-refractivity contribution in [1.82, 2.24) is 0 Å². The van der Waals surface area contributed by atoms with E-state index < -0.39 is 24.9 Å². The number of Topliss-reactive ketones (excluding diaryl/α,β-unsaturated/α-hetero) is 1. The second-order valence-corrected chi connectivity index (χ2v) is 10.8. The Balaban J connectivity index is 1.93. The van der Waals surface area contributed by atoms with Crippen LogP contribution in [0.25, 0.3) is 0 Å². The second-order valence-electron chi connectivity index (χ2n) is 6.25. The Morgan fingerprint density at radius 3 is 2.45 bits per heavy atom. The third-order valence-corrected chi connectivity index (χ3v) is 7.98. The standard InChI is InChI=1S/C13H22O5S2/c1-19(15,16)12-4-2-3-11(8-12)13(14)7-10-5-6-20(17,18)9-10/h10-12H,2-9H2,1H3. The van der Waals surface area contributed by atoms with Crippen LogP contribution in [0.2, 0.25) is 0 Å². The van der Waals surface area contributed by atoms with E-state index in [0.717, 1.165) is 12.8 Å². The Hall–Kier alpha value is -0.430. The van der Waals surface area contributed by atoms with E-state index >= 15 is 0 Å². The molecular weight excluding hydrogens is 300 g/mol. The number of hydrogen-bond donors (Lipinski definition) is 0. The molecule has 3 atom stereocenters. The predicted molar refractivity (Wildman–Crippen MR) is 77.0 cm³/mol. The highest BCUT2D eigenvalue weighted by atomic mass is 32.2. The number of rotatable bonds is 4. The Kier molecular flexibility index (Phi) is 4.59. The van der Waals surface area contributed by atoms with Crippen LogP contribution in [-0.2, 0) is 24.5 Å². The highest BCUT2D eigenvalue weighted by molar-refractivity contribution is 7.91. The van der Waals surface area contributed by atoms with Gasteiger partial charge < -0.3 is 0 Å². The summed E-state index contributed by atoms with van der Waals surface area (Å²) in [5, 5.41) is -0.405. The van der Waals surface area contributed by atoms with Gasteiger partial charge in [0.05, 0.1) is 16.8 Å². The van der Waals surface area contributed by atoms with Gasteiger partial charge >= 0.3 is 0 Å². The van der Waals surface area contributed by atoms with E-state index in [4.69, 9.17) is 0 Å². The predicted octanol–water partition coefficient (Wildman–Crippen LogP) is 0.984. The first kappa shape index (κ1) is 15.9. The number of ketones is 1. The molecule has 0 spiro atoms. The van der Waals surface area contributed by atoms with Gasteiger partial charge in [-0.05, 0) is 31.6 Å². The van der Waals surface area contributed by atoms with E-state index in [-0.39, 0.29) is 29.1 Å². The topological polar surface area (TPSA) is 85.3 Å².